The number of ether oxygens (including phenoxy) is 2. The fourth-order valence-corrected chi connectivity index (χ4v) is 2.86. The second kappa shape index (κ2) is 6.12. The van der Waals surface area contributed by atoms with E-state index in [-0.39, 0.29) is 6.04 Å². The van der Waals surface area contributed by atoms with Crippen molar-refractivity contribution in [2.45, 2.75) is 32.0 Å². The lowest BCUT2D eigenvalue weighted by Crippen LogP contribution is -2.20. The molecule has 1 heterocycles. The molecule has 0 saturated carbocycles. The Morgan fingerprint density at radius 2 is 1.91 bits per heavy atom. The molecule has 0 radical (unpaired) electrons. The Morgan fingerprint density at radius 3 is 2.36 bits per heavy atom. The SMILES string of the molecule is COc1cc(C2CC(C(=O)O)CN2)c(C(C)(C)F)cc1OC. The molecule has 122 valence electrons. The molecule has 2 rings (SSSR count). The molecule has 1 aromatic rings. The van der Waals surface area contributed by atoms with Gasteiger partial charge in [-0.1, -0.05) is 0 Å². The summed E-state index contributed by atoms with van der Waals surface area (Å²) in [7, 11) is 3.02. The van der Waals surface area contributed by atoms with E-state index in [9.17, 15) is 9.18 Å². The van der Waals surface area contributed by atoms with Gasteiger partial charge in [-0.05, 0) is 43.5 Å². The molecule has 2 N–H and O–H groups in total. The van der Waals surface area contributed by atoms with Crippen molar-refractivity contribution in [3.05, 3.63) is 23.3 Å². The van der Waals surface area contributed by atoms with Crippen LogP contribution in [-0.4, -0.2) is 31.8 Å². The highest BCUT2D eigenvalue weighted by atomic mass is 19.1. The molecule has 1 aliphatic rings. The van der Waals surface area contributed by atoms with E-state index in [1.54, 1.807) is 12.1 Å². The fraction of sp³-hybridized carbons (Fsp3) is 0.562. The first-order valence-electron chi connectivity index (χ1n) is 7.19. The molecular weight excluding hydrogens is 289 g/mol. The van der Waals surface area contributed by atoms with Gasteiger partial charge in [0.25, 0.3) is 0 Å². The van der Waals surface area contributed by atoms with E-state index in [1.807, 2.05) is 0 Å². The van der Waals surface area contributed by atoms with Crippen LogP contribution in [0.5, 0.6) is 11.5 Å². The number of nitrogens with one attached hydrogen (secondary N) is 1. The summed E-state index contributed by atoms with van der Waals surface area (Å²) >= 11 is 0. The van der Waals surface area contributed by atoms with Gasteiger partial charge in [0.15, 0.2) is 11.5 Å². The third-order valence-electron chi connectivity index (χ3n) is 4.05. The molecule has 1 aliphatic heterocycles. The molecule has 1 saturated heterocycles. The van der Waals surface area contributed by atoms with Gasteiger partial charge < -0.3 is 19.9 Å². The minimum Gasteiger partial charge on any atom is -0.493 e. The van der Waals surface area contributed by atoms with Crippen LogP contribution in [-0.2, 0) is 10.5 Å². The molecular formula is C16H22FNO4. The van der Waals surface area contributed by atoms with Gasteiger partial charge in [0.1, 0.15) is 5.67 Å². The van der Waals surface area contributed by atoms with Gasteiger partial charge in [-0.3, -0.25) is 4.79 Å². The lowest BCUT2D eigenvalue weighted by molar-refractivity contribution is -0.141. The number of hydrogen-bond donors (Lipinski definition) is 2. The molecule has 2 atom stereocenters. The van der Waals surface area contributed by atoms with Crippen molar-refractivity contribution in [3.63, 3.8) is 0 Å². The van der Waals surface area contributed by atoms with E-state index in [1.165, 1.54) is 28.1 Å². The van der Waals surface area contributed by atoms with Crippen molar-refractivity contribution in [2.75, 3.05) is 20.8 Å². The zero-order valence-electron chi connectivity index (χ0n) is 13.3. The number of rotatable bonds is 5. The van der Waals surface area contributed by atoms with Gasteiger partial charge in [0.05, 0.1) is 20.1 Å². The molecule has 22 heavy (non-hydrogen) atoms. The van der Waals surface area contributed by atoms with Gasteiger partial charge in [0.2, 0.25) is 0 Å². The summed E-state index contributed by atoms with van der Waals surface area (Å²) in [5.74, 6) is -0.337. The Balaban J connectivity index is 2.47. The maximum atomic E-state index is 14.6. The number of methoxy groups -OCH3 is 2. The first-order valence-corrected chi connectivity index (χ1v) is 7.19. The van der Waals surface area contributed by atoms with E-state index >= 15 is 0 Å². The summed E-state index contributed by atoms with van der Waals surface area (Å²) in [4.78, 5) is 11.1. The molecule has 1 aromatic carbocycles. The predicted octanol–water partition coefficient (Wildman–Crippen LogP) is 2.64. The average Bonchev–Trinajstić information content (AvgIpc) is 2.94. The molecule has 0 amide bonds. The maximum Gasteiger partial charge on any atom is 0.307 e. The molecule has 0 spiro atoms. The smallest absolute Gasteiger partial charge is 0.307 e. The second-order valence-corrected chi connectivity index (χ2v) is 6.00. The zero-order valence-corrected chi connectivity index (χ0v) is 13.3. The van der Waals surface area contributed by atoms with Crippen molar-refractivity contribution < 1.29 is 23.8 Å². The van der Waals surface area contributed by atoms with Crippen LogP contribution in [0.1, 0.15) is 37.4 Å². The number of carboxylic acids is 1. The summed E-state index contributed by atoms with van der Waals surface area (Å²) in [6.45, 7) is 3.32. The van der Waals surface area contributed by atoms with E-state index in [4.69, 9.17) is 14.6 Å². The van der Waals surface area contributed by atoms with Gasteiger partial charge in [0, 0.05) is 12.6 Å². The van der Waals surface area contributed by atoms with Crippen LogP contribution in [0.15, 0.2) is 12.1 Å². The number of hydrogen-bond acceptors (Lipinski definition) is 4. The van der Waals surface area contributed by atoms with E-state index in [2.05, 4.69) is 5.32 Å². The van der Waals surface area contributed by atoms with Crippen molar-refractivity contribution in [1.29, 1.82) is 0 Å². The largest absolute Gasteiger partial charge is 0.493 e. The molecule has 0 aromatic heterocycles. The number of aliphatic carboxylic acids is 1. The first-order chi connectivity index (χ1) is 10.3. The summed E-state index contributed by atoms with van der Waals surface area (Å²) in [5, 5.41) is 12.3. The minimum atomic E-state index is -1.57. The minimum absolute atomic E-state index is 0.217. The van der Waals surface area contributed by atoms with Crippen LogP contribution in [0, 0.1) is 5.92 Å². The molecule has 5 nitrogen and oxygen atoms in total. The molecule has 0 bridgehead atoms. The Kier molecular flexibility index (Phi) is 4.60. The molecule has 2 unspecified atom stereocenters. The summed E-state index contributed by atoms with van der Waals surface area (Å²) in [6.07, 6.45) is 0.425. The Morgan fingerprint density at radius 1 is 1.32 bits per heavy atom. The van der Waals surface area contributed by atoms with Crippen LogP contribution >= 0.6 is 0 Å². The molecule has 1 fully saturated rings. The van der Waals surface area contributed by atoms with Crippen LogP contribution in [0.3, 0.4) is 0 Å². The predicted molar refractivity (Wildman–Crippen MR) is 80.2 cm³/mol. The third kappa shape index (κ3) is 3.16. The molecule has 0 aliphatic carbocycles. The monoisotopic (exact) mass is 311 g/mol. The summed E-state index contributed by atoms with van der Waals surface area (Å²) < 4.78 is 25.1. The van der Waals surface area contributed by atoms with Crippen LogP contribution in [0.4, 0.5) is 4.39 Å². The second-order valence-electron chi connectivity index (χ2n) is 6.00. The number of alkyl halides is 1. The summed E-state index contributed by atoms with van der Waals surface area (Å²) in [5.41, 5.74) is -0.375. The topological polar surface area (TPSA) is 67.8 Å². The highest BCUT2D eigenvalue weighted by Crippen LogP contribution is 2.41. The quantitative estimate of drug-likeness (QED) is 0.875. The lowest BCUT2D eigenvalue weighted by atomic mass is 9.88. The summed E-state index contributed by atoms with van der Waals surface area (Å²) in [6, 6.07) is 3.15. The van der Waals surface area contributed by atoms with Gasteiger partial charge >= 0.3 is 5.97 Å². The highest BCUT2D eigenvalue weighted by molar-refractivity contribution is 5.71. The maximum absolute atomic E-state index is 14.6. The molecule has 6 heteroatoms. The normalized spacial score (nSPS) is 21.7. The number of halogens is 1. The van der Waals surface area contributed by atoms with Crippen molar-refractivity contribution in [3.8, 4) is 11.5 Å². The highest BCUT2D eigenvalue weighted by Gasteiger charge is 2.35. The van der Waals surface area contributed by atoms with Crippen molar-refractivity contribution >= 4 is 5.97 Å². The van der Waals surface area contributed by atoms with E-state index in [0.29, 0.717) is 35.6 Å². The Labute approximate surface area is 129 Å². The van der Waals surface area contributed by atoms with E-state index < -0.39 is 17.6 Å². The van der Waals surface area contributed by atoms with Crippen LogP contribution < -0.4 is 14.8 Å². The standard InChI is InChI=1S/C16H22FNO4/c1-16(2,17)11-7-14(22-4)13(21-3)6-10(11)12-5-9(8-18-12)15(19)20/h6-7,9,12,18H,5,8H2,1-4H3,(H,19,20). The van der Waals surface area contributed by atoms with Crippen LogP contribution in [0.25, 0.3) is 0 Å². The lowest BCUT2D eigenvalue weighted by Gasteiger charge is -2.25. The number of carboxylic acid groups (broad SMARTS) is 1. The number of carbonyl (C=O) groups is 1. The fourth-order valence-electron chi connectivity index (χ4n) is 2.86. The van der Waals surface area contributed by atoms with E-state index in [0.717, 1.165) is 0 Å². The third-order valence-corrected chi connectivity index (χ3v) is 4.05. The Bertz CT molecular complexity index is 568. The van der Waals surface area contributed by atoms with Crippen LogP contribution in [0.2, 0.25) is 0 Å². The van der Waals surface area contributed by atoms with Crippen molar-refractivity contribution in [1.82, 2.24) is 5.32 Å². The Hall–Kier alpha value is -1.82. The number of benzene rings is 1. The zero-order chi connectivity index (χ0) is 16.5. The van der Waals surface area contributed by atoms with Gasteiger partial charge in [-0.15, -0.1) is 0 Å². The first kappa shape index (κ1) is 16.5. The van der Waals surface area contributed by atoms with Gasteiger partial charge in [-0.25, -0.2) is 4.39 Å². The van der Waals surface area contributed by atoms with Crippen molar-refractivity contribution in [2.24, 2.45) is 5.92 Å². The average molecular weight is 311 g/mol. The van der Waals surface area contributed by atoms with Gasteiger partial charge in [-0.2, -0.15) is 0 Å².